The van der Waals surface area contributed by atoms with Crippen LogP contribution in [0.15, 0.2) is 0 Å². The third kappa shape index (κ3) is 9.35. The largest absolute Gasteiger partial charge is 0.389 e. The van der Waals surface area contributed by atoms with E-state index in [0.29, 0.717) is 32.5 Å². The molecule has 1 saturated carbocycles. The topological polar surface area (TPSA) is 60.0 Å². The summed E-state index contributed by atoms with van der Waals surface area (Å²) in [5, 5.41) is 9.66. The lowest BCUT2D eigenvalue weighted by molar-refractivity contribution is -0.0534. The lowest BCUT2D eigenvalue weighted by atomic mass is 10.3. The lowest BCUT2D eigenvalue weighted by Crippen LogP contribution is -2.33. The molecule has 1 aliphatic rings. The van der Waals surface area contributed by atoms with Gasteiger partial charge in [-0.1, -0.05) is 26.2 Å². The van der Waals surface area contributed by atoms with Gasteiger partial charge in [-0.25, -0.2) is 0 Å². The highest BCUT2D eigenvalue weighted by molar-refractivity contribution is 4.66. The number of aliphatic hydroxyl groups excluding tert-OH is 1. The summed E-state index contributed by atoms with van der Waals surface area (Å²) in [6, 6.07) is 0. The molecule has 114 valence electrons. The van der Waals surface area contributed by atoms with Gasteiger partial charge in [0, 0.05) is 13.2 Å². The first-order chi connectivity index (χ1) is 9.33. The monoisotopic (exact) mass is 275 g/mol. The highest BCUT2D eigenvalue weighted by atomic mass is 16.7. The van der Waals surface area contributed by atoms with Crippen LogP contribution < -0.4 is 5.48 Å². The molecule has 1 fully saturated rings. The molecule has 0 spiro atoms. The van der Waals surface area contributed by atoms with E-state index >= 15 is 0 Å². The second-order valence-electron chi connectivity index (χ2n) is 5.07. The zero-order valence-electron chi connectivity index (χ0n) is 12.1. The number of hydrogen-bond donors (Lipinski definition) is 2. The normalized spacial score (nSPS) is 18.0. The van der Waals surface area contributed by atoms with Crippen LogP contribution in [0.3, 0.4) is 0 Å². The van der Waals surface area contributed by atoms with E-state index in [0.717, 1.165) is 32.3 Å². The molecule has 2 N–H and O–H groups in total. The third-order valence-corrected chi connectivity index (χ3v) is 3.20. The van der Waals surface area contributed by atoms with Gasteiger partial charge < -0.3 is 14.6 Å². The minimum atomic E-state index is -0.531. The van der Waals surface area contributed by atoms with Crippen molar-refractivity contribution in [2.24, 2.45) is 0 Å². The van der Waals surface area contributed by atoms with Crippen molar-refractivity contribution in [2.75, 3.05) is 33.0 Å². The molecule has 0 aromatic heterocycles. The summed E-state index contributed by atoms with van der Waals surface area (Å²) in [5.41, 5.74) is 2.83. The molecule has 1 unspecified atom stereocenters. The molecule has 0 bridgehead atoms. The number of nitrogens with one attached hydrogen (secondary N) is 1. The van der Waals surface area contributed by atoms with Crippen molar-refractivity contribution < 1.29 is 19.4 Å². The fraction of sp³-hybridized carbons (Fsp3) is 1.00. The molecule has 1 rings (SSSR count). The lowest BCUT2D eigenvalue weighted by Gasteiger charge is -2.15. The van der Waals surface area contributed by atoms with Gasteiger partial charge in [-0.2, -0.15) is 5.48 Å². The minimum Gasteiger partial charge on any atom is -0.389 e. The van der Waals surface area contributed by atoms with E-state index in [9.17, 15) is 5.11 Å². The highest BCUT2D eigenvalue weighted by Crippen LogP contribution is 2.19. The zero-order valence-corrected chi connectivity index (χ0v) is 12.1. The van der Waals surface area contributed by atoms with Gasteiger partial charge in [0.05, 0.1) is 32.0 Å². The van der Waals surface area contributed by atoms with Gasteiger partial charge in [-0.3, -0.25) is 4.84 Å². The standard InChI is InChI=1S/C14H29NO4/c1-2-3-8-17-9-10-18-12-13(16)11-15-19-14-6-4-5-7-14/h13-16H,2-12H2,1H3. The van der Waals surface area contributed by atoms with Gasteiger partial charge in [0.25, 0.3) is 0 Å². The van der Waals surface area contributed by atoms with Crippen LogP contribution in [-0.2, 0) is 14.3 Å². The van der Waals surface area contributed by atoms with E-state index < -0.39 is 6.10 Å². The average molecular weight is 275 g/mol. The fourth-order valence-electron chi connectivity index (χ4n) is 2.01. The van der Waals surface area contributed by atoms with E-state index in [1.165, 1.54) is 12.8 Å². The molecular formula is C14H29NO4. The molecular weight excluding hydrogens is 246 g/mol. The van der Waals surface area contributed by atoms with Crippen molar-refractivity contribution in [3.05, 3.63) is 0 Å². The van der Waals surface area contributed by atoms with E-state index in [2.05, 4.69) is 12.4 Å². The summed E-state index contributed by atoms with van der Waals surface area (Å²) >= 11 is 0. The molecule has 1 aliphatic carbocycles. The molecule has 5 heteroatoms. The Morgan fingerprint density at radius 3 is 2.63 bits per heavy atom. The summed E-state index contributed by atoms with van der Waals surface area (Å²) < 4.78 is 10.7. The second kappa shape index (κ2) is 11.6. The van der Waals surface area contributed by atoms with Crippen LogP contribution in [-0.4, -0.2) is 50.3 Å². The summed E-state index contributed by atoms with van der Waals surface area (Å²) in [4.78, 5) is 5.46. The molecule has 1 atom stereocenters. The molecule has 5 nitrogen and oxygen atoms in total. The van der Waals surface area contributed by atoms with Crippen LogP contribution in [0.5, 0.6) is 0 Å². The summed E-state index contributed by atoms with van der Waals surface area (Å²) in [5.74, 6) is 0. The predicted molar refractivity (Wildman–Crippen MR) is 73.9 cm³/mol. The Morgan fingerprint density at radius 1 is 1.16 bits per heavy atom. The molecule has 0 aromatic rings. The number of hydrogen-bond acceptors (Lipinski definition) is 5. The second-order valence-corrected chi connectivity index (χ2v) is 5.07. The maximum absolute atomic E-state index is 9.66. The van der Waals surface area contributed by atoms with Crippen molar-refractivity contribution in [2.45, 2.75) is 57.7 Å². The van der Waals surface area contributed by atoms with E-state index in [1.54, 1.807) is 0 Å². The average Bonchev–Trinajstić information content (AvgIpc) is 2.91. The quantitative estimate of drug-likeness (QED) is 0.419. The Kier molecular flexibility index (Phi) is 10.3. The Labute approximate surface area is 116 Å². The molecule has 0 radical (unpaired) electrons. The van der Waals surface area contributed by atoms with Crippen LogP contribution in [0.2, 0.25) is 0 Å². The smallest absolute Gasteiger partial charge is 0.0920 e. The molecule has 0 heterocycles. The maximum atomic E-state index is 9.66. The summed E-state index contributed by atoms with van der Waals surface area (Å²) in [6.45, 7) is 4.78. The van der Waals surface area contributed by atoms with Crippen LogP contribution in [0.1, 0.15) is 45.4 Å². The maximum Gasteiger partial charge on any atom is 0.0920 e. The number of unbranched alkanes of at least 4 members (excludes halogenated alkanes) is 1. The van der Waals surface area contributed by atoms with E-state index in [4.69, 9.17) is 14.3 Å². The number of rotatable bonds is 12. The van der Waals surface area contributed by atoms with Crippen LogP contribution in [0.25, 0.3) is 0 Å². The van der Waals surface area contributed by atoms with E-state index in [-0.39, 0.29) is 0 Å². The Hall–Kier alpha value is -0.200. The molecule has 0 aromatic carbocycles. The van der Waals surface area contributed by atoms with Crippen molar-refractivity contribution >= 4 is 0 Å². The first-order valence-corrected chi connectivity index (χ1v) is 7.55. The summed E-state index contributed by atoms with van der Waals surface area (Å²) in [7, 11) is 0. The van der Waals surface area contributed by atoms with Gasteiger partial charge in [0.15, 0.2) is 0 Å². The number of aliphatic hydroxyl groups is 1. The van der Waals surface area contributed by atoms with Crippen LogP contribution >= 0.6 is 0 Å². The Balaban J connectivity index is 1.80. The SMILES string of the molecule is CCCCOCCOCC(O)CNOC1CCCC1. The van der Waals surface area contributed by atoms with Gasteiger partial charge in [-0.05, 0) is 19.3 Å². The molecule has 0 aliphatic heterocycles. The predicted octanol–water partition coefficient (Wildman–Crippen LogP) is 1.64. The molecule has 0 amide bonds. The number of hydroxylamine groups is 1. The molecule has 0 saturated heterocycles. The van der Waals surface area contributed by atoms with Gasteiger partial charge in [-0.15, -0.1) is 0 Å². The van der Waals surface area contributed by atoms with Crippen LogP contribution in [0.4, 0.5) is 0 Å². The first-order valence-electron chi connectivity index (χ1n) is 7.55. The van der Waals surface area contributed by atoms with E-state index in [1.807, 2.05) is 0 Å². The highest BCUT2D eigenvalue weighted by Gasteiger charge is 2.15. The van der Waals surface area contributed by atoms with Gasteiger partial charge in [0.2, 0.25) is 0 Å². The Bertz CT molecular complexity index is 198. The summed E-state index contributed by atoms with van der Waals surface area (Å²) in [6.07, 6.45) is 6.75. The number of ether oxygens (including phenoxy) is 2. The van der Waals surface area contributed by atoms with Crippen molar-refractivity contribution in [1.29, 1.82) is 0 Å². The van der Waals surface area contributed by atoms with Gasteiger partial charge >= 0.3 is 0 Å². The Morgan fingerprint density at radius 2 is 1.89 bits per heavy atom. The minimum absolute atomic E-state index is 0.318. The fourth-order valence-corrected chi connectivity index (χ4v) is 2.01. The van der Waals surface area contributed by atoms with Crippen molar-refractivity contribution in [3.8, 4) is 0 Å². The third-order valence-electron chi connectivity index (χ3n) is 3.20. The van der Waals surface area contributed by atoms with Gasteiger partial charge in [0.1, 0.15) is 0 Å². The molecule has 19 heavy (non-hydrogen) atoms. The first kappa shape index (κ1) is 16.9. The van der Waals surface area contributed by atoms with Crippen LogP contribution in [0, 0.1) is 0 Å². The zero-order chi connectivity index (χ0) is 13.8. The van der Waals surface area contributed by atoms with Crippen molar-refractivity contribution in [3.63, 3.8) is 0 Å². The van der Waals surface area contributed by atoms with Crippen molar-refractivity contribution in [1.82, 2.24) is 5.48 Å².